The van der Waals surface area contributed by atoms with E-state index in [1.807, 2.05) is 6.92 Å². The third-order valence-electron chi connectivity index (χ3n) is 3.46. The summed E-state index contributed by atoms with van der Waals surface area (Å²) in [5.74, 6) is -0.0984. The summed E-state index contributed by atoms with van der Waals surface area (Å²) in [6, 6.07) is 1.31. The Kier molecular flexibility index (Phi) is 3.99. The van der Waals surface area contributed by atoms with Crippen LogP contribution in [0.3, 0.4) is 0 Å². The summed E-state index contributed by atoms with van der Waals surface area (Å²) in [6.07, 6.45) is 8.70. The summed E-state index contributed by atoms with van der Waals surface area (Å²) < 4.78 is 4.93. The lowest BCUT2D eigenvalue weighted by Gasteiger charge is -2.37. The summed E-state index contributed by atoms with van der Waals surface area (Å²) in [4.78, 5) is 11.2. The van der Waals surface area contributed by atoms with Gasteiger partial charge >= 0.3 is 5.97 Å². The molecule has 2 rings (SSSR count). The zero-order valence-corrected chi connectivity index (χ0v) is 10.00. The molecule has 0 radical (unpaired) electrons. The smallest absolute Gasteiger partial charge is 0.309 e. The predicted octanol–water partition coefficient (Wildman–Crippen LogP) is 2.17. The lowest BCUT2D eigenvalue weighted by atomic mass is 9.83. The molecule has 0 aromatic carbocycles. The van der Waals surface area contributed by atoms with Gasteiger partial charge in [-0.25, -0.2) is 0 Å². The number of rotatable bonds is 3. The Morgan fingerprint density at radius 1 is 1.44 bits per heavy atom. The van der Waals surface area contributed by atoms with Gasteiger partial charge < -0.3 is 10.1 Å². The predicted molar refractivity (Wildman–Crippen MR) is 63.1 cm³/mol. The normalized spacial score (nSPS) is 28.7. The standard InChI is InChI=1S/C13H21NO2/c1-2-16-13(15)7-6-10-8-11-4-3-5-12(9-10)14-11/h6,11-12,14H,2-5,7-9H2,1H3. The monoisotopic (exact) mass is 223 g/mol. The fourth-order valence-corrected chi connectivity index (χ4v) is 2.76. The first-order chi connectivity index (χ1) is 7.78. The summed E-state index contributed by atoms with van der Waals surface area (Å²) in [6.45, 7) is 2.33. The van der Waals surface area contributed by atoms with Crippen molar-refractivity contribution < 1.29 is 9.53 Å². The van der Waals surface area contributed by atoms with Crippen LogP contribution in [0, 0.1) is 0 Å². The van der Waals surface area contributed by atoms with E-state index in [2.05, 4.69) is 11.4 Å². The molecule has 90 valence electrons. The van der Waals surface area contributed by atoms with Crippen LogP contribution in [0.1, 0.15) is 45.4 Å². The Balaban J connectivity index is 1.85. The highest BCUT2D eigenvalue weighted by atomic mass is 16.5. The van der Waals surface area contributed by atoms with Crippen LogP contribution in [0.15, 0.2) is 11.6 Å². The molecule has 2 aliphatic heterocycles. The number of nitrogens with one attached hydrogen (secondary N) is 1. The Morgan fingerprint density at radius 2 is 2.12 bits per heavy atom. The van der Waals surface area contributed by atoms with Crippen molar-refractivity contribution in [1.29, 1.82) is 0 Å². The van der Waals surface area contributed by atoms with Gasteiger partial charge in [0.1, 0.15) is 0 Å². The molecule has 2 saturated heterocycles. The van der Waals surface area contributed by atoms with Crippen LogP contribution in [-0.2, 0) is 9.53 Å². The average Bonchev–Trinajstić information content (AvgIpc) is 2.26. The molecule has 3 nitrogen and oxygen atoms in total. The average molecular weight is 223 g/mol. The SMILES string of the molecule is CCOC(=O)CC=C1CC2CCCC(C1)N2. The molecule has 2 atom stereocenters. The van der Waals surface area contributed by atoms with Crippen molar-refractivity contribution >= 4 is 5.97 Å². The lowest BCUT2D eigenvalue weighted by molar-refractivity contribution is -0.142. The van der Waals surface area contributed by atoms with Crippen molar-refractivity contribution in [3.05, 3.63) is 11.6 Å². The fraction of sp³-hybridized carbons (Fsp3) is 0.769. The quantitative estimate of drug-likeness (QED) is 0.588. The van der Waals surface area contributed by atoms with E-state index >= 15 is 0 Å². The number of carbonyl (C=O) groups is 1. The molecule has 0 amide bonds. The first kappa shape index (κ1) is 11.6. The van der Waals surface area contributed by atoms with Crippen LogP contribution in [0.4, 0.5) is 0 Å². The summed E-state index contributed by atoms with van der Waals surface area (Å²) in [5.41, 5.74) is 1.45. The third-order valence-corrected chi connectivity index (χ3v) is 3.46. The van der Waals surface area contributed by atoms with Gasteiger partial charge in [-0.1, -0.05) is 18.1 Å². The van der Waals surface area contributed by atoms with E-state index in [0.717, 1.165) is 12.8 Å². The van der Waals surface area contributed by atoms with Crippen LogP contribution in [-0.4, -0.2) is 24.7 Å². The van der Waals surface area contributed by atoms with Gasteiger partial charge in [0.25, 0.3) is 0 Å². The fourth-order valence-electron chi connectivity index (χ4n) is 2.76. The maximum Gasteiger partial charge on any atom is 0.309 e. The zero-order chi connectivity index (χ0) is 11.4. The minimum absolute atomic E-state index is 0.0984. The lowest BCUT2D eigenvalue weighted by Crippen LogP contribution is -2.46. The molecule has 2 fully saturated rings. The van der Waals surface area contributed by atoms with E-state index in [4.69, 9.17) is 4.74 Å². The number of fused-ring (bicyclic) bond motifs is 2. The van der Waals surface area contributed by atoms with Gasteiger partial charge in [0.15, 0.2) is 0 Å². The van der Waals surface area contributed by atoms with E-state index in [9.17, 15) is 4.79 Å². The highest BCUT2D eigenvalue weighted by Gasteiger charge is 2.27. The highest BCUT2D eigenvalue weighted by Crippen LogP contribution is 2.29. The van der Waals surface area contributed by atoms with E-state index < -0.39 is 0 Å². The van der Waals surface area contributed by atoms with Gasteiger partial charge in [-0.3, -0.25) is 4.79 Å². The number of esters is 1. The van der Waals surface area contributed by atoms with Gasteiger partial charge in [0.2, 0.25) is 0 Å². The first-order valence-corrected chi connectivity index (χ1v) is 6.37. The van der Waals surface area contributed by atoms with Crippen molar-refractivity contribution in [2.75, 3.05) is 6.61 Å². The van der Waals surface area contributed by atoms with E-state index in [0.29, 0.717) is 25.1 Å². The van der Waals surface area contributed by atoms with Crippen LogP contribution in [0.2, 0.25) is 0 Å². The molecule has 2 unspecified atom stereocenters. The highest BCUT2D eigenvalue weighted by molar-refractivity contribution is 5.71. The van der Waals surface area contributed by atoms with Crippen molar-refractivity contribution in [1.82, 2.24) is 5.32 Å². The molecule has 0 aromatic heterocycles. The van der Waals surface area contributed by atoms with Gasteiger partial charge in [0.05, 0.1) is 13.0 Å². The second kappa shape index (κ2) is 5.48. The number of hydrogen-bond acceptors (Lipinski definition) is 3. The van der Waals surface area contributed by atoms with Crippen molar-refractivity contribution in [2.24, 2.45) is 0 Å². The largest absolute Gasteiger partial charge is 0.466 e. The van der Waals surface area contributed by atoms with Gasteiger partial charge in [-0.05, 0) is 32.6 Å². The first-order valence-electron chi connectivity index (χ1n) is 6.37. The topological polar surface area (TPSA) is 38.3 Å². The van der Waals surface area contributed by atoms with Crippen LogP contribution in [0.25, 0.3) is 0 Å². The Morgan fingerprint density at radius 3 is 2.75 bits per heavy atom. The number of piperidine rings is 2. The van der Waals surface area contributed by atoms with E-state index in [1.165, 1.54) is 24.8 Å². The Labute approximate surface area is 97.2 Å². The molecule has 16 heavy (non-hydrogen) atoms. The van der Waals surface area contributed by atoms with Gasteiger partial charge in [-0.15, -0.1) is 0 Å². The van der Waals surface area contributed by atoms with Crippen LogP contribution >= 0.6 is 0 Å². The minimum atomic E-state index is -0.0984. The Bertz CT molecular complexity index is 272. The Hall–Kier alpha value is -0.830. The molecule has 0 aliphatic carbocycles. The molecule has 0 aromatic rings. The molecular formula is C13H21NO2. The van der Waals surface area contributed by atoms with Crippen molar-refractivity contribution in [2.45, 2.75) is 57.5 Å². The van der Waals surface area contributed by atoms with E-state index in [-0.39, 0.29) is 5.97 Å². The van der Waals surface area contributed by atoms with Crippen molar-refractivity contribution in [3.63, 3.8) is 0 Å². The maximum atomic E-state index is 11.2. The van der Waals surface area contributed by atoms with Crippen LogP contribution in [0.5, 0.6) is 0 Å². The minimum Gasteiger partial charge on any atom is -0.466 e. The molecule has 3 heteroatoms. The van der Waals surface area contributed by atoms with Crippen molar-refractivity contribution in [3.8, 4) is 0 Å². The summed E-state index contributed by atoms with van der Waals surface area (Å²) >= 11 is 0. The van der Waals surface area contributed by atoms with Crippen LogP contribution < -0.4 is 5.32 Å². The summed E-state index contributed by atoms with van der Waals surface area (Å²) in [5, 5.41) is 3.64. The molecular weight excluding hydrogens is 202 g/mol. The molecule has 0 saturated carbocycles. The maximum absolute atomic E-state index is 11.2. The second-order valence-corrected chi connectivity index (χ2v) is 4.77. The molecule has 1 N–H and O–H groups in total. The van der Waals surface area contributed by atoms with Gasteiger partial charge in [-0.2, -0.15) is 0 Å². The second-order valence-electron chi connectivity index (χ2n) is 4.77. The summed E-state index contributed by atoms with van der Waals surface area (Å²) in [7, 11) is 0. The molecule has 2 bridgehead atoms. The van der Waals surface area contributed by atoms with E-state index in [1.54, 1.807) is 0 Å². The molecule has 2 heterocycles. The molecule has 0 spiro atoms. The van der Waals surface area contributed by atoms with Gasteiger partial charge in [0, 0.05) is 12.1 Å². The number of ether oxygens (including phenoxy) is 1. The third kappa shape index (κ3) is 3.08. The zero-order valence-electron chi connectivity index (χ0n) is 10.00. The molecule has 2 aliphatic rings. The number of carbonyl (C=O) groups excluding carboxylic acids is 1. The number of hydrogen-bond donors (Lipinski definition) is 1.